The predicted molar refractivity (Wildman–Crippen MR) is 186 cm³/mol. The Bertz CT molecular complexity index is 1670. The molecule has 1 saturated heterocycles. The molecular formula is C36H40Cl2N3O6S+. The number of rotatable bonds is 14. The average molecular weight is 714 g/mol. The van der Waals surface area contributed by atoms with Crippen LogP contribution in [0.2, 0.25) is 10.0 Å². The molecule has 0 spiro atoms. The molecule has 0 amide bonds. The molecule has 0 bridgehead atoms. The number of likely N-dealkylation sites (tertiary alicyclic amines) is 1. The van der Waals surface area contributed by atoms with Crippen molar-refractivity contribution in [2.24, 2.45) is 0 Å². The zero-order chi connectivity index (χ0) is 34.0. The number of halogens is 2. The van der Waals surface area contributed by atoms with E-state index in [1.807, 2.05) is 42.5 Å². The Morgan fingerprint density at radius 1 is 0.979 bits per heavy atom. The summed E-state index contributed by atoms with van der Waals surface area (Å²) >= 11 is 14.2. The molecule has 12 heteroatoms. The molecule has 1 aliphatic heterocycles. The van der Waals surface area contributed by atoms with Gasteiger partial charge < -0.3 is 23.8 Å². The smallest absolute Gasteiger partial charge is 0.348 e. The molecule has 48 heavy (non-hydrogen) atoms. The Morgan fingerprint density at radius 3 is 2.44 bits per heavy atom. The number of aromatic nitrogens is 1. The summed E-state index contributed by atoms with van der Waals surface area (Å²) in [5, 5.41) is 4.19. The maximum absolute atomic E-state index is 13.6. The molecule has 9 nitrogen and oxygen atoms in total. The fourth-order valence-corrected chi connectivity index (χ4v) is 7.08. The lowest BCUT2D eigenvalue weighted by Crippen LogP contribution is -2.41. The summed E-state index contributed by atoms with van der Waals surface area (Å²) in [5.41, 5.74) is 2.13. The van der Waals surface area contributed by atoms with Gasteiger partial charge in [0.25, 0.3) is 0 Å². The molecule has 3 atom stereocenters. The highest BCUT2D eigenvalue weighted by Gasteiger charge is 2.27. The minimum absolute atomic E-state index is 0.222. The molecular weight excluding hydrogens is 673 g/mol. The number of methoxy groups -OCH3 is 2. The third-order valence-electron chi connectivity index (χ3n) is 8.47. The van der Waals surface area contributed by atoms with Gasteiger partial charge in [-0.15, -0.1) is 11.3 Å². The van der Waals surface area contributed by atoms with Crippen LogP contribution in [-0.4, -0.2) is 57.3 Å². The van der Waals surface area contributed by atoms with Crippen molar-refractivity contribution in [1.82, 2.24) is 10.2 Å². The minimum atomic E-state index is -0.737. The van der Waals surface area contributed by atoms with Crippen LogP contribution < -0.4 is 19.8 Å². The van der Waals surface area contributed by atoms with E-state index < -0.39 is 18.1 Å². The van der Waals surface area contributed by atoms with Gasteiger partial charge in [-0.25, -0.2) is 14.6 Å². The van der Waals surface area contributed by atoms with Crippen molar-refractivity contribution in [3.05, 3.63) is 110 Å². The normalized spacial score (nSPS) is 16.1. The van der Waals surface area contributed by atoms with Crippen LogP contribution in [0, 0.1) is 0 Å². The number of carbonyl (C=O) groups excluding carboxylic acids is 2. The Kier molecular flexibility index (Phi) is 12.7. The highest BCUT2D eigenvalue weighted by molar-refractivity contribution is 7.13. The Morgan fingerprint density at radius 2 is 1.73 bits per heavy atom. The molecule has 5 rings (SSSR count). The van der Waals surface area contributed by atoms with E-state index in [9.17, 15) is 9.59 Å². The number of pyridine rings is 1. The second-order valence-electron chi connectivity index (χ2n) is 11.6. The molecule has 1 unspecified atom stereocenters. The highest BCUT2D eigenvalue weighted by Crippen LogP contribution is 2.36. The van der Waals surface area contributed by atoms with Gasteiger partial charge >= 0.3 is 11.9 Å². The van der Waals surface area contributed by atoms with Gasteiger partial charge in [-0.1, -0.05) is 66.0 Å². The van der Waals surface area contributed by atoms with Crippen molar-refractivity contribution in [1.29, 1.82) is 0 Å². The SMILES string of the molecule is COc1ccc([C@H](Cc2c(Cl)c[nH+]cc2Cl)OC(=O)c2ccc(CNC(C(=O)OC[C@@H]3CCCCN3C)c3ccccc3)s2)cc1OC. The lowest BCUT2D eigenvalue weighted by Gasteiger charge is -2.32. The van der Waals surface area contributed by atoms with E-state index in [1.54, 1.807) is 44.8 Å². The molecule has 254 valence electrons. The van der Waals surface area contributed by atoms with Crippen LogP contribution in [0.4, 0.5) is 0 Å². The van der Waals surface area contributed by atoms with E-state index >= 15 is 0 Å². The lowest BCUT2D eigenvalue weighted by molar-refractivity contribution is -0.377. The fraction of sp³-hybridized carbons (Fsp3) is 0.361. The molecule has 0 saturated carbocycles. The number of nitrogens with one attached hydrogen (secondary N) is 2. The summed E-state index contributed by atoms with van der Waals surface area (Å²) < 4.78 is 22.8. The van der Waals surface area contributed by atoms with E-state index in [2.05, 4.69) is 22.2 Å². The first kappa shape index (κ1) is 35.6. The molecule has 1 fully saturated rings. The topological polar surface area (TPSA) is 100 Å². The largest absolute Gasteiger partial charge is 0.493 e. The third kappa shape index (κ3) is 9.06. The van der Waals surface area contributed by atoms with Gasteiger partial charge in [0.1, 0.15) is 33.7 Å². The summed E-state index contributed by atoms with van der Waals surface area (Å²) in [5.74, 6) is 0.212. The first-order valence-electron chi connectivity index (χ1n) is 15.8. The van der Waals surface area contributed by atoms with Crippen molar-refractivity contribution >= 4 is 46.5 Å². The standard InChI is InChI=1S/C36H39Cl2N3O6S/c1-41-16-8-7-11-25(41)22-46-36(43)34(23-9-5-4-6-10-23)40-19-26-13-15-33(48-26)35(42)47-31(18-27-28(37)20-39-21-29(27)38)24-12-14-30(44-2)32(17-24)45-3/h4-6,9-10,12-15,17,20-21,25,31,34,40H,7-8,11,16,18-19,22H2,1-3H3/p+1/t25-,31-,34?/m0/s1. The second kappa shape index (κ2) is 17.1. The molecule has 3 heterocycles. The number of hydrogen-bond acceptors (Lipinski definition) is 9. The van der Waals surface area contributed by atoms with Gasteiger partial charge in [0.05, 0.1) is 14.2 Å². The number of carbonyl (C=O) groups is 2. The number of esters is 2. The maximum atomic E-state index is 13.6. The Labute approximate surface area is 295 Å². The van der Waals surface area contributed by atoms with Gasteiger partial charge in [0, 0.05) is 29.4 Å². The highest BCUT2D eigenvalue weighted by atomic mass is 35.5. The number of thiophene rings is 1. The van der Waals surface area contributed by atoms with Gasteiger partial charge in [0.2, 0.25) is 0 Å². The average Bonchev–Trinajstić information content (AvgIpc) is 3.58. The predicted octanol–water partition coefficient (Wildman–Crippen LogP) is 6.89. The summed E-state index contributed by atoms with van der Waals surface area (Å²) in [6.45, 7) is 1.71. The van der Waals surface area contributed by atoms with Crippen LogP contribution in [0.5, 0.6) is 11.5 Å². The lowest BCUT2D eigenvalue weighted by atomic mass is 10.0. The number of ether oxygens (including phenoxy) is 4. The quantitative estimate of drug-likeness (QED) is 0.141. The van der Waals surface area contributed by atoms with E-state index in [-0.39, 0.29) is 18.4 Å². The van der Waals surface area contributed by atoms with Crippen LogP contribution >= 0.6 is 34.5 Å². The Balaban J connectivity index is 1.29. The zero-order valence-electron chi connectivity index (χ0n) is 27.2. The first-order valence-corrected chi connectivity index (χ1v) is 17.4. The van der Waals surface area contributed by atoms with Gasteiger partial charge in [-0.05, 0) is 61.8 Å². The molecule has 1 aliphatic rings. The van der Waals surface area contributed by atoms with Crippen molar-refractivity contribution in [2.45, 2.75) is 50.4 Å². The Hall–Kier alpha value is -3.67. The van der Waals surface area contributed by atoms with Crippen molar-refractivity contribution in [3.8, 4) is 11.5 Å². The van der Waals surface area contributed by atoms with E-state index in [0.29, 0.717) is 50.7 Å². The van der Waals surface area contributed by atoms with Crippen LogP contribution in [0.3, 0.4) is 0 Å². The van der Waals surface area contributed by atoms with Crippen LogP contribution in [0.15, 0.2) is 73.1 Å². The number of hydrogen-bond donors (Lipinski definition) is 1. The maximum Gasteiger partial charge on any atom is 0.348 e. The number of H-pyrrole nitrogens is 1. The molecule has 2 N–H and O–H groups in total. The van der Waals surface area contributed by atoms with Gasteiger partial charge in [-0.2, -0.15) is 0 Å². The number of benzene rings is 2. The van der Waals surface area contributed by atoms with Gasteiger partial charge in [0.15, 0.2) is 23.9 Å². The zero-order valence-corrected chi connectivity index (χ0v) is 29.5. The summed E-state index contributed by atoms with van der Waals surface area (Å²) in [6, 6.07) is 18.0. The van der Waals surface area contributed by atoms with Crippen molar-refractivity contribution < 1.29 is 33.5 Å². The van der Waals surface area contributed by atoms with Crippen molar-refractivity contribution in [3.63, 3.8) is 0 Å². The molecule has 4 aromatic rings. The summed E-state index contributed by atoms with van der Waals surface area (Å²) in [6.07, 6.45) is 6.06. The molecule has 2 aromatic carbocycles. The van der Waals surface area contributed by atoms with Crippen molar-refractivity contribution in [2.75, 3.05) is 34.4 Å². The number of nitrogens with zero attached hydrogens (tertiary/aromatic N) is 1. The molecule has 0 aliphatic carbocycles. The summed E-state index contributed by atoms with van der Waals surface area (Å²) in [7, 11) is 5.17. The fourth-order valence-electron chi connectivity index (χ4n) is 5.71. The van der Waals surface area contributed by atoms with Crippen LogP contribution in [0.25, 0.3) is 0 Å². The van der Waals surface area contributed by atoms with Crippen LogP contribution in [0.1, 0.15) is 62.6 Å². The van der Waals surface area contributed by atoms with Crippen LogP contribution in [-0.2, 0) is 27.2 Å². The van der Waals surface area contributed by atoms with E-state index in [0.717, 1.165) is 36.2 Å². The molecule has 0 radical (unpaired) electrons. The number of likely N-dealkylation sites (N-methyl/N-ethyl adjacent to an activating group) is 1. The van der Waals surface area contributed by atoms with E-state index in [4.69, 9.17) is 42.1 Å². The van der Waals surface area contributed by atoms with E-state index in [1.165, 1.54) is 11.3 Å². The monoisotopic (exact) mass is 712 g/mol. The first-order chi connectivity index (χ1) is 23.3. The second-order valence-corrected chi connectivity index (χ2v) is 13.6. The minimum Gasteiger partial charge on any atom is -0.493 e. The third-order valence-corrected chi connectivity index (χ3v) is 10.2. The number of aromatic amines is 1. The number of piperidine rings is 1. The van der Waals surface area contributed by atoms with Gasteiger partial charge in [-0.3, -0.25) is 5.32 Å². The summed E-state index contributed by atoms with van der Waals surface area (Å²) in [4.78, 5) is 33.4. The molecule has 2 aromatic heterocycles.